The number of rotatable bonds is 6. The Morgan fingerprint density at radius 2 is 1.92 bits per heavy atom. The van der Waals surface area contributed by atoms with Crippen LogP contribution in [0.5, 0.6) is 0 Å². The average molecular weight is 378 g/mol. The van der Waals surface area contributed by atoms with E-state index in [0.29, 0.717) is 29.4 Å². The van der Waals surface area contributed by atoms with Crippen molar-refractivity contribution in [2.45, 2.75) is 50.7 Å². The Morgan fingerprint density at radius 3 is 2.58 bits per heavy atom. The van der Waals surface area contributed by atoms with E-state index < -0.39 is 5.60 Å². The van der Waals surface area contributed by atoms with Gasteiger partial charge in [-0.25, -0.2) is 4.68 Å². The molecule has 26 heavy (non-hydrogen) atoms. The molecule has 0 bridgehead atoms. The van der Waals surface area contributed by atoms with E-state index in [4.69, 9.17) is 11.6 Å². The molecule has 7 heteroatoms. The number of hydrogen-bond acceptors (Lipinski definition) is 4. The summed E-state index contributed by atoms with van der Waals surface area (Å²) in [5.74, 6) is 0.268. The maximum atomic E-state index is 12.4. The summed E-state index contributed by atoms with van der Waals surface area (Å²) in [4.78, 5) is 12.4. The normalized spacial score (nSPS) is 16.4. The second kappa shape index (κ2) is 8.20. The van der Waals surface area contributed by atoms with Crippen LogP contribution in [0.4, 0.5) is 5.82 Å². The molecule has 140 valence electrons. The lowest BCUT2D eigenvalue weighted by atomic mass is 9.82. The van der Waals surface area contributed by atoms with Gasteiger partial charge in [-0.1, -0.05) is 43.0 Å². The largest absolute Gasteiger partial charge is 0.394 e. The fourth-order valence-corrected chi connectivity index (χ4v) is 3.54. The highest BCUT2D eigenvalue weighted by molar-refractivity contribution is 6.30. The third kappa shape index (κ3) is 4.63. The van der Waals surface area contributed by atoms with E-state index in [1.54, 1.807) is 22.9 Å². The summed E-state index contributed by atoms with van der Waals surface area (Å²) in [7, 11) is 0. The van der Waals surface area contributed by atoms with Gasteiger partial charge in [-0.3, -0.25) is 4.79 Å². The number of hydrogen-bond donors (Lipinski definition) is 3. The lowest BCUT2D eigenvalue weighted by molar-refractivity contribution is -0.122. The molecule has 0 aliphatic heterocycles. The smallest absolute Gasteiger partial charge is 0.228 e. The van der Waals surface area contributed by atoms with Crippen molar-refractivity contribution in [1.29, 1.82) is 0 Å². The molecular formula is C19H24ClN3O3. The van der Waals surface area contributed by atoms with Crippen molar-refractivity contribution < 1.29 is 15.0 Å². The molecule has 0 atom stereocenters. The average Bonchev–Trinajstić information content (AvgIpc) is 2.98. The lowest BCUT2D eigenvalue weighted by Crippen LogP contribution is -2.36. The number of carbonyl (C=O) groups excluding carboxylic acids is 1. The first-order valence-electron chi connectivity index (χ1n) is 8.96. The fourth-order valence-electron chi connectivity index (χ4n) is 3.42. The van der Waals surface area contributed by atoms with Crippen LogP contribution < -0.4 is 5.32 Å². The van der Waals surface area contributed by atoms with Gasteiger partial charge in [0.2, 0.25) is 5.91 Å². The van der Waals surface area contributed by atoms with E-state index in [2.05, 4.69) is 10.4 Å². The maximum Gasteiger partial charge on any atom is 0.228 e. The van der Waals surface area contributed by atoms with E-state index in [0.717, 1.165) is 24.8 Å². The van der Waals surface area contributed by atoms with Crippen molar-refractivity contribution in [2.24, 2.45) is 0 Å². The summed E-state index contributed by atoms with van der Waals surface area (Å²) in [6, 6.07) is 9.02. The predicted molar refractivity (Wildman–Crippen MR) is 101 cm³/mol. The van der Waals surface area contributed by atoms with Crippen LogP contribution in [-0.4, -0.2) is 38.1 Å². The van der Waals surface area contributed by atoms with Gasteiger partial charge in [0.1, 0.15) is 5.82 Å². The number of amides is 1. The zero-order valence-electron chi connectivity index (χ0n) is 14.6. The second-order valence-corrected chi connectivity index (χ2v) is 7.31. The lowest BCUT2D eigenvalue weighted by Gasteiger charge is -2.31. The Balaban J connectivity index is 1.75. The Labute approximate surface area is 157 Å². The monoisotopic (exact) mass is 377 g/mol. The molecule has 1 aliphatic rings. The summed E-state index contributed by atoms with van der Waals surface area (Å²) < 4.78 is 1.56. The molecule has 3 rings (SSSR count). The summed E-state index contributed by atoms with van der Waals surface area (Å²) in [6.07, 6.45) is 4.41. The predicted octanol–water partition coefficient (Wildman–Crippen LogP) is 3.22. The molecule has 1 heterocycles. The van der Waals surface area contributed by atoms with Gasteiger partial charge in [0.05, 0.1) is 30.9 Å². The standard InChI is InChI=1S/C19H24ClN3O3/c20-15-6-4-14(5-7-15)16-12-17(23(22-16)10-11-24)21-18(25)13-19(26)8-2-1-3-9-19/h4-7,12,24,26H,1-3,8-11,13H2,(H,21,25). The van der Waals surface area contributed by atoms with E-state index in [9.17, 15) is 15.0 Å². The van der Waals surface area contributed by atoms with Crippen molar-refractivity contribution in [3.8, 4) is 11.3 Å². The van der Waals surface area contributed by atoms with E-state index >= 15 is 0 Å². The third-order valence-corrected chi connectivity index (χ3v) is 5.03. The van der Waals surface area contributed by atoms with Gasteiger partial charge in [-0.2, -0.15) is 5.10 Å². The van der Waals surface area contributed by atoms with Crippen molar-refractivity contribution in [2.75, 3.05) is 11.9 Å². The number of benzene rings is 1. The first-order valence-corrected chi connectivity index (χ1v) is 9.34. The van der Waals surface area contributed by atoms with E-state index in [1.807, 2.05) is 12.1 Å². The Morgan fingerprint density at radius 1 is 1.23 bits per heavy atom. The minimum atomic E-state index is -0.914. The van der Waals surface area contributed by atoms with Gasteiger partial charge in [-0.15, -0.1) is 0 Å². The van der Waals surface area contributed by atoms with Gasteiger partial charge in [0, 0.05) is 16.7 Å². The zero-order valence-corrected chi connectivity index (χ0v) is 15.4. The zero-order chi connectivity index (χ0) is 18.6. The summed E-state index contributed by atoms with van der Waals surface area (Å²) in [5.41, 5.74) is 0.637. The summed E-state index contributed by atoms with van der Waals surface area (Å²) in [5, 5.41) is 27.8. The molecular weight excluding hydrogens is 354 g/mol. The number of halogens is 1. The molecule has 0 saturated heterocycles. The Hall–Kier alpha value is -1.89. The van der Waals surface area contributed by atoms with Gasteiger partial charge in [0.25, 0.3) is 0 Å². The molecule has 0 radical (unpaired) electrons. The van der Waals surface area contributed by atoms with Crippen LogP contribution in [0.25, 0.3) is 11.3 Å². The van der Waals surface area contributed by atoms with Crippen LogP contribution >= 0.6 is 11.6 Å². The molecule has 1 amide bonds. The molecule has 1 fully saturated rings. The number of aliphatic hydroxyl groups excluding tert-OH is 1. The van der Waals surface area contributed by atoms with Crippen molar-refractivity contribution >= 4 is 23.3 Å². The highest BCUT2D eigenvalue weighted by atomic mass is 35.5. The first kappa shape index (κ1) is 18.9. The molecule has 1 aromatic carbocycles. The number of anilines is 1. The van der Waals surface area contributed by atoms with Crippen LogP contribution in [-0.2, 0) is 11.3 Å². The van der Waals surface area contributed by atoms with Gasteiger partial charge < -0.3 is 15.5 Å². The van der Waals surface area contributed by atoms with Crippen LogP contribution in [0.3, 0.4) is 0 Å². The third-order valence-electron chi connectivity index (χ3n) is 4.77. The SMILES string of the molecule is O=C(CC1(O)CCCCC1)Nc1cc(-c2ccc(Cl)cc2)nn1CCO. The number of aromatic nitrogens is 2. The minimum Gasteiger partial charge on any atom is -0.394 e. The second-order valence-electron chi connectivity index (χ2n) is 6.88. The minimum absolute atomic E-state index is 0.0770. The highest BCUT2D eigenvalue weighted by Crippen LogP contribution is 2.31. The van der Waals surface area contributed by atoms with Gasteiger partial charge >= 0.3 is 0 Å². The van der Waals surface area contributed by atoms with Crippen molar-refractivity contribution in [3.63, 3.8) is 0 Å². The van der Waals surface area contributed by atoms with Crippen LogP contribution in [0, 0.1) is 0 Å². The summed E-state index contributed by atoms with van der Waals surface area (Å²) in [6.45, 7) is 0.183. The Bertz CT molecular complexity index is 752. The Kier molecular flexibility index (Phi) is 5.96. The molecule has 1 aliphatic carbocycles. The molecule has 6 nitrogen and oxygen atoms in total. The van der Waals surface area contributed by atoms with Gasteiger partial charge in [-0.05, 0) is 25.0 Å². The molecule has 0 spiro atoms. The quantitative estimate of drug-likeness (QED) is 0.721. The van der Waals surface area contributed by atoms with Crippen LogP contribution in [0.2, 0.25) is 5.02 Å². The molecule has 0 unspecified atom stereocenters. The van der Waals surface area contributed by atoms with Crippen LogP contribution in [0.15, 0.2) is 30.3 Å². The highest BCUT2D eigenvalue weighted by Gasteiger charge is 2.32. The molecule has 1 aromatic heterocycles. The maximum absolute atomic E-state index is 12.4. The van der Waals surface area contributed by atoms with Crippen molar-refractivity contribution in [3.05, 3.63) is 35.4 Å². The van der Waals surface area contributed by atoms with Crippen molar-refractivity contribution in [1.82, 2.24) is 9.78 Å². The fraction of sp³-hybridized carbons (Fsp3) is 0.474. The van der Waals surface area contributed by atoms with E-state index in [-0.39, 0.29) is 25.5 Å². The molecule has 1 saturated carbocycles. The first-order chi connectivity index (χ1) is 12.5. The number of carbonyl (C=O) groups is 1. The molecule has 2 aromatic rings. The number of nitrogens with one attached hydrogen (secondary N) is 1. The summed E-state index contributed by atoms with van der Waals surface area (Å²) >= 11 is 5.92. The topological polar surface area (TPSA) is 87.4 Å². The van der Waals surface area contributed by atoms with E-state index in [1.165, 1.54) is 0 Å². The molecule has 3 N–H and O–H groups in total. The van der Waals surface area contributed by atoms with Crippen LogP contribution in [0.1, 0.15) is 38.5 Å². The number of aliphatic hydroxyl groups is 2. The number of nitrogens with zero attached hydrogens (tertiary/aromatic N) is 2. The van der Waals surface area contributed by atoms with Gasteiger partial charge in [0.15, 0.2) is 0 Å².